The molecule has 1 aromatic carbocycles. The molecule has 1 rings (SSSR count). The topological polar surface area (TPSA) is 32.3 Å². The van der Waals surface area contributed by atoms with Gasteiger partial charge in [-0.2, -0.15) is 0 Å². The lowest BCUT2D eigenvalue weighted by atomic mass is 10.0. The number of carbonyl (C=O) groups is 1. The van der Waals surface area contributed by atoms with Crippen molar-refractivity contribution in [1.29, 1.82) is 0 Å². The monoisotopic (exact) mass is 284 g/mol. The van der Waals surface area contributed by atoms with Crippen LogP contribution in [0.25, 0.3) is 0 Å². The molecular formula is C15H25ClN2O. The van der Waals surface area contributed by atoms with Crippen molar-refractivity contribution in [3.8, 4) is 0 Å². The standard InChI is InChI=1S/C15H24N2O.ClH/c1-4-14(11-13-9-7-6-8-10-13)17(5-2)15(18)12-16-3;/h6-10,14,16H,4-5,11-12H2,1-3H3;1H. The van der Waals surface area contributed by atoms with Crippen LogP contribution in [0.3, 0.4) is 0 Å². The van der Waals surface area contributed by atoms with Crippen molar-refractivity contribution in [2.45, 2.75) is 32.7 Å². The van der Waals surface area contributed by atoms with Gasteiger partial charge >= 0.3 is 0 Å². The Bertz CT molecular complexity index is 356. The van der Waals surface area contributed by atoms with Crippen LogP contribution in [0.5, 0.6) is 0 Å². The zero-order valence-electron chi connectivity index (χ0n) is 12.1. The number of hydrogen-bond donors (Lipinski definition) is 1. The molecule has 0 aliphatic rings. The van der Waals surface area contributed by atoms with E-state index in [1.54, 1.807) is 0 Å². The van der Waals surface area contributed by atoms with Crippen molar-refractivity contribution >= 4 is 18.3 Å². The molecule has 3 nitrogen and oxygen atoms in total. The Morgan fingerprint density at radius 2 is 1.89 bits per heavy atom. The van der Waals surface area contributed by atoms with Gasteiger partial charge in [-0.05, 0) is 32.4 Å². The molecule has 1 amide bonds. The lowest BCUT2D eigenvalue weighted by Gasteiger charge is -2.30. The number of benzene rings is 1. The van der Waals surface area contributed by atoms with E-state index in [0.717, 1.165) is 19.4 Å². The maximum absolute atomic E-state index is 12.0. The van der Waals surface area contributed by atoms with Crippen LogP contribution in [-0.4, -0.2) is 37.0 Å². The minimum Gasteiger partial charge on any atom is -0.339 e. The number of likely N-dealkylation sites (N-methyl/N-ethyl adjacent to an activating group) is 2. The van der Waals surface area contributed by atoms with Crippen molar-refractivity contribution in [3.63, 3.8) is 0 Å². The Morgan fingerprint density at radius 1 is 1.26 bits per heavy atom. The highest BCUT2D eigenvalue weighted by Gasteiger charge is 2.20. The zero-order chi connectivity index (χ0) is 13.4. The highest BCUT2D eigenvalue weighted by atomic mass is 35.5. The quantitative estimate of drug-likeness (QED) is 0.834. The minimum absolute atomic E-state index is 0. The molecule has 0 fully saturated rings. The lowest BCUT2D eigenvalue weighted by molar-refractivity contribution is -0.132. The highest BCUT2D eigenvalue weighted by molar-refractivity contribution is 5.85. The summed E-state index contributed by atoms with van der Waals surface area (Å²) in [5, 5.41) is 2.93. The molecule has 0 aromatic heterocycles. The van der Waals surface area contributed by atoms with Gasteiger partial charge in [0.05, 0.1) is 6.54 Å². The van der Waals surface area contributed by atoms with Gasteiger partial charge in [0.1, 0.15) is 0 Å². The van der Waals surface area contributed by atoms with E-state index in [2.05, 4.69) is 24.4 Å². The Morgan fingerprint density at radius 3 is 2.37 bits per heavy atom. The average molecular weight is 285 g/mol. The van der Waals surface area contributed by atoms with Crippen LogP contribution in [0.4, 0.5) is 0 Å². The molecule has 0 aliphatic heterocycles. The first-order chi connectivity index (χ1) is 8.72. The highest BCUT2D eigenvalue weighted by Crippen LogP contribution is 2.12. The summed E-state index contributed by atoms with van der Waals surface area (Å²) in [6.07, 6.45) is 1.92. The third-order valence-corrected chi connectivity index (χ3v) is 3.22. The van der Waals surface area contributed by atoms with Crippen molar-refractivity contribution in [2.75, 3.05) is 20.1 Å². The second kappa shape index (κ2) is 9.82. The lowest BCUT2D eigenvalue weighted by Crippen LogP contribution is -2.44. The van der Waals surface area contributed by atoms with Gasteiger partial charge in [-0.1, -0.05) is 37.3 Å². The summed E-state index contributed by atoms with van der Waals surface area (Å²) in [6.45, 7) is 5.37. The SMILES string of the molecule is CCC(Cc1ccccc1)N(CC)C(=O)CNC.Cl. The number of nitrogens with zero attached hydrogens (tertiary/aromatic N) is 1. The number of amides is 1. The van der Waals surface area contributed by atoms with Crippen LogP contribution in [-0.2, 0) is 11.2 Å². The fourth-order valence-electron chi connectivity index (χ4n) is 2.25. The molecule has 4 heteroatoms. The zero-order valence-corrected chi connectivity index (χ0v) is 12.9. The fraction of sp³-hybridized carbons (Fsp3) is 0.533. The molecule has 0 aliphatic carbocycles. The molecule has 0 radical (unpaired) electrons. The van der Waals surface area contributed by atoms with E-state index in [1.165, 1.54) is 5.56 Å². The Labute approximate surface area is 122 Å². The van der Waals surface area contributed by atoms with E-state index >= 15 is 0 Å². The van der Waals surface area contributed by atoms with Gasteiger partial charge in [-0.3, -0.25) is 4.79 Å². The van der Waals surface area contributed by atoms with E-state index in [-0.39, 0.29) is 18.3 Å². The second-order valence-corrected chi connectivity index (χ2v) is 4.46. The third kappa shape index (κ3) is 5.62. The molecule has 0 spiro atoms. The molecule has 1 atom stereocenters. The maximum atomic E-state index is 12.0. The third-order valence-electron chi connectivity index (χ3n) is 3.22. The number of rotatable bonds is 7. The van der Waals surface area contributed by atoms with Crippen LogP contribution >= 0.6 is 12.4 Å². The fourth-order valence-corrected chi connectivity index (χ4v) is 2.25. The molecule has 19 heavy (non-hydrogen) atoms. The van der Waals surface area contributed by atoms with Gasteiger partial charge in [-0.25, -0.2) is 0 Å². The average Bonchev–Trinajstić information content (AvgIpc) is 2.40. The number of nitrogens with one attached hydrogen (secondary N) is 1. The van der Waals surface area contributed by atoms with E-state index in [9.17, 15) is 4.79 Å². The van der Waals surface area contributed by atoms with Gasteiger partial charge in [0, 0.05) is 12.6 Å². The summed E-state index contributed by atoms with van der Waals surface area (Å²) >= 11 is 0. The first kappa shape index (κ1) is 17.9. The van der Waals surface area contributed by atoms with Gasteiger partial charge in [0.2, 0.25) is 5.91 Å². The molecule has 0 bridgehead atoms. The Hall–Kier alpha value is -1.06. The first-order valence-corrected chi connectivity index (χ1v) is 6.70. The van der Waals surface area contributed by atoms with E-state index in [1.807, 2.05) is 37.1 Å². The van der Waals surface area contributed by atoms with Crippen LogP contribution in [0.1, 0.15) is 25.8 Å². The van der Waals surface area contributed by atoms with Crippen LogP contribution < -0.4 is 5.32 Å². The van der Waals surface area contributed by atoms with Gasteiger partial charge in [0.25, 0.3) is 0 Å². The van der Waals surface area contributed by atoms with Crippen molar-refractivity contribution < 1.29 is 4.79 Å². The first-order valence-electron chi connectivity index (χ1n) is 6.70. The van der Waals surface area contributed by atoms with E-state index < -0.39 is 0 Å². The molecule has 108 valence electrons. The molecule has 0 saturated heterocycles. The van der Waals surface area contributed by atoms with E-state index in [4.69, 9.17) is 0 Å². The molecule has 1 unspecified atom stereocenters. The molecular weight excluding hydrogens is 260 g/mol. The normalized spacial score (nSPS) is 11.5. The second-order valence-electron chi connectivity index (χ2n) is 4.46. The van der Waals surface area contributed by atoms with Gasteiger partial charge < -0.3 is 10.2 Å². The summed E-state index contributed by atoms with van der Waals surface area (Å²) in [5.74, 6) is 0.183. The van der Waals surface area contributed by atoms with Crippen molar-refractivity contribution in [2.24, 2.45) is 0 Å². The van der Waals surface area contributed by atoms with Crippen molar-refractivity contribution in [3.05, 3.63) is 35.9 Å². The van der Waals surface area contributed by atoms with Crippen LogP contribution in [0, 0.1) is 0 Å². The number of hydrogen-bond acceptors (Lipinski definition) is 2. The summed E-state index contributed by atoms with van der Waals surface area (Å²) in [5.41, 5.74) is 1.29. The number of halogens is 1. The predicted molar refractivity (Wildman–Crippen MR) is 82.8 cm³/mol. The van der Waals surface area contributed by atoms with E-state index in [0.29, 0.717) is 12.6 Å². The minimum atomic E-state index is 0. The Kier molecular flexibility index (Phi) is 9.27. The summed E-state index contributed by atoms with van der Waals surface area (Å²) in [6, 6.07) is 10.7. The number of carbonyl (C=O) groups excluding carboxylic acids is 1. The Balaban J connectivity index is 0.00000324. The molecule has 1 N–H and O–H groups in total. The summed E-state index contributed by atoms with van der Waals surface area (Å²) in [4.78, 5) is 14.0. The summed E-state index contributed by atoms with van der Waals surface area (Å²) < 4.78 is 0. The van der Waals surface area contributed by atoms with Crippen molar-refractivity contribution in [1.82, 2.24) is 10.2 Å². The van der Waals surface area contributed by atoms with Gasteiger partial charge in [-0.15, -0.1) is 12.4 Å². The molecule has 1 aromatic rings. The van der Waals surface area contributed by atoms with Gasteiger partial charge in [0.15, 0.2) is 0 Å². The summed E-state index contributed by atoms with van der Waals surface area (Å²) in [7, 11) is 1.81. The maximum Gasteiger partial charge on any atom is 0.236 e. The van der Waals surface area contributed by atoms with Crippen LogP contribution in [0.15, 0.2) is 30.3 Å². The van der Waals surface area contributed by atoms with Crippen LogP contribution in [0.2, 0.25) is 0 Å². The smallest absolute Gasteiger partial charge is 0.236 e. The largest absolute Gasteiger partial charge is 0.339 e. The molecule has 0 saturated carbocycles. The molecule has 0 heterocycles. The predicted octanol–water partition coefficient (Wildman–Crippen LogP) is 2.50.